The van der Waals surface area contributed by atoms with Crippen molar-refractivity contribution in [3.05, 3.63) is 45.6 Å². The molecule has 2 heterocycles. The van der Waals surface area contributed by atoms with Crippen molar-refractivity contribution in [2.24, 2.45) is 4.99 Å². The van der Waals surface area contributed by atoms with E-state index in [1.807, 2.05) is 24.3 Å². The van der Waals surface area contributed by atoms with Crippen LogP contribution in [0.3, 0.4) is 0 Å². The van der Waals surface area contributed by atoms with Crippen molar-refractivity contribution in [3.8, 4) is 0 Å². The predicted octanol–water partition coefficient (Wildman–Crippen LogP) is 3.27. The first-order chi connectivity index (χ1) is 11.0. The van der Waals surface area contributed by atoms with Crippen molar-refractivity contribution in [3.63, 3.8) is 0 Å². The van der Waals surface area contributed by atoms with Gasteiger partial charge >= 0.3 is 5.97 Å². The number of allylic oxidation sites excluding steroid dienone is 1. The maximum atomic E-state index is 12.5. The Hall–Kier alpha value is -1.60. The van der Waals surface area contributed by atoms with E-state index in [0.29, 0.717) is 22.2 Å². The molecule has 120 valence electrons. The number of carbonyl (C=O) groups excluding carboxylic acids is 2. The van der Waals surface area contributed by atoms with Gasteiger partial charge in [-0.15, -0.1) is 0 Å². The van der Waals surface area contributed by atoms with Crippen molar-refractivity contribution in [2.75, 3.05) is 12.4 Å². The Bertz CT molecular complexity index is 745. The maximum absolute atomic E-state index is 12.5. The number of amides is 1. The lowest BCUT2D eigenvalue weighted by Crippen LogP contribution is -2.39. The Morgan fingerprint density at radius 3 is 3.00 bits per heavy atom. The zero-order valence-corrected chi connectivity index (χ0v) is 15.1. The standard InChI is InChI=1S/C16H15BrN2O3S/c1-3-22-15(21)13-9(2)18-16-19(12(20)8-23-16)14(13)10-5-4-6-11(17)7-10/h4-7,14H,3,8H2,1-2H3/t14-/m0/s1. The Kier molecular flexibility index (Phi) is 4.59. The Labute approximate surface area is 146 Å². The molecule has 1 aromatic carbocycles. The Morgan fingerprint density at radius 1 is 1.52 bits per heavy atom. The minimum Gasteiger partial charge on any atom is -0.463 e. The van der Waals surface area contributed by atoms with Crippen LogP contribution in [-0.2, 0) is 14.3 Å². The van der Waals surface area contributed by atoms with Crippen molar-refractivity contribution in [2.45, 2.75) is 19.9 Å². The smallest absolute Gasteiger partial charge is 0.338 e. The zero-order valence-electron chi connectivity index (χ0n) is 12.7. The normalized spacial score (nSPS) is 20.5. The van der Waals surface area contributed by atoms with Crippen molar-refractivity contribution in [1.29, 1.82) is 0 Å². The first-order valence-corrected chi connectivity index (χ1v) is 8.97. The fourth-order valence-corrected chi connectivity index (χ4v) is 4.06. The molecule has 0 bridgehead atoms. The predicted molar refractivity (Wildman–Crippen MR) is 93.0 cm³/mol. The van der Waals surface area contributed by atoms with Gasteiger partial charge in [-0.2, -0.15) is 0 Å². The van der Waals surface area contributed by atoms with Crippen molar-refractivity contribution >= 4 is 44.7 Å². The van der Waals surface area contributed by atoms with Crippen LogP contribution >= 0.6 is 27.7 Å². The van der Waals surface area contributed by atoms with Crippen LogP contribution in [0.5, 0.6) is 0 Å². The zero-order chi connectivity index (χ0) is 16.6. The van der Waals surface area contributed by atoms with Crippen LogP contribution in [-0.4, -0.2) is 34.3 Å². The summed E-state index contributed by atoms with van der Waals surface area (Å²) in [6, 6.07) is 7.11. The van der Waals surface area contributed by atoms with Gasteiger partial charge in [-0.05, 0) is 31.5 Å². The number of amidine groups is 1. The molecule has 0 aliphatic carbocycles. The summed E-state index contributed by atoms with van der Waals surface area (Å²) in [5, 5.41) is 0.644. The lowest BCUT2D eigenvalue weighted by Gasteiger charge is -2.32. The molecule has 0 N–H and O–H groups in total. The van der Waals surface area contributed by atoms with E-state index in [0.717, 1.165) is 10.0 Å². The summed E-state index contributed by atoms with van der Waals surface area (Å²) in [4.78, 5) is 30.8. The lowest BCUT2D eigenvalue weighted by molar-refractivity contribution is -0.139. The molecule has 1 saturated heterocycles. The van der Waals surface area contributed by atoms with Gasteiger partial charge in [0.25, 0.3) is 0 Å². The number of halogens is 1. The van der Waals surface area contributed by atoms with E-state index < -0.39 is 12.0 Å². The lowest BCUT2D eigenvalue weighted by atomic mass is 9.94. The van der Waals surface area contributed by atoms with Gasteiger partial charge in [0.15, 0.2) is 5.17 Å². The van der Waals surface area contributed by atoms with Crippen molar-refractivity contribution < 1.29 is 14.3 Å². The number of ether oxygens (including phenoxy) is 1. The molecular weight excluding hydrogens is 380 g/mol. The topological polar surface area (TPSA) is 59.0 Å². The molecule has 2 aliphatic rings. The van der Waals surface area contributed by atoms with Crippen LogP contribution in [0, 0.1) is 0 Å². The SMILES string of the molecule is CCOC(=O)C1=C(C)N=C2SCC(=O)N2[C@H]1c1cccc(Br)c1. The summed E-state index contributed by atoms with van der Waals surface area (Å²) in [5.41, 5.74) is 1.87. The van der Waals surface area contributed by atoms with E-state index in [2.05, 4.69) is 20.9 Å². The monoisotopic (exact) mass is 394 g/mol. The van der Waals surface area contributed by atoms with Gasteiger partial charge in [-0.25, -0.2) is 9.79 Å². The van der Waals surface area contributed by atoms with Gasteiger partial charge in [0, 0.05) is 4.47 Å². The molecule has 0 unspecified atom stereocenters. The minimum absolute atomic E-state index is 0.0481. The number of fused-ring (bicyclic) bond motifs is 1. The van der Waals surface area contributed by atoms with Gasteiger partial charge in [-0.3, -0.25) is 9.69 Å². The van der Waals surface area contributed by atoms with Gasteiger partial charge < -0.3 is 4.74 Å². The van der Waals surface area contributed by atoms with E-state index in [-0.39, 0.29) is 12.5 Å². The van der Waals surface area contributed by atoms with Gasteiger partial charge in [0.2, 0.25) is 5.91 Å². The number of hydrogen-bond acceptors (Lipinski definition) is 5. The van der Waals surface area contributed by atoms with Crippen LogP contribution in [0.1, 0.15) is 25.5 Å². The quantitative estimate of drug-likeness (QED) is 0.738. The summed E-state index contributed by atoms with van der Waals surface area (Å²) >= 11 is 4.84. The number of aliphatic imine (C=N–C) groups is 1. The second-order valence-electron chi connectivity index (χ2n) is 5.12. The summed E-state index contributed by atoms with van der Waals surface area (Å²) < 4.78 is 6.08. The van der Waals surface area contributed by atoms with Crippen LogP contribution in [0.4, 0.5) is 0 Å². The summed E-state index contributed by atoms with van der Waals surface area (Å²) in [6.45, 7) is 3.82. The highest BCUT2D eigenvalue weighted by Gasteiger charge is 2.43. The van der Waals surface area contributed by atoms with Crippen LogP contribution in [0.2, 0.25) is 0 Å². The van der Waals surface area contributed by atoms with E-state index in [9.17, 15) is 9.59 Å². The highest BCUT2D eigenvalue weighted by atomic mass is 79.9. The molecule has 2 aliphatic heterocycles. The fraction of sp³-hybridized carbons (Fsp3) is 0.312. The van der Waals surface area contributed by atoms with Gasteiger partial charge in [-0.1, -0.05) is 39.8 Å². The van der Waals surface area contributed by atoms with E-state index >= 15 is 0 Å². The molecule has 0 aromatic heterocycles. The molecule has 5 nitrogen and oxygen atoms in total. The number of nitrogens with zero attached hydrogens (tertiary/aromatic N) is 2. The molecular formula is C16H15BrN2O3S. The first-order valence-electron chi connectivity index (χ1n) is 7.19. The van der Waals surface area contributed by atoms with Crippen LogP contribution in [0.25, 0.3) is 0 Å². The molecule has 0 radical (unpaired) electrons. The number of carbonyl (C=O) groups is 2. The van der Waals surface area contributed by atoms with E-state index in [1.165, 1.54) is 11.8 Å². The van der Waals surface area contributed by atoms with Crippen LogP contribution < -0.4 is 0 Å². The number of esters is 1. The molecule has 1 fully saturated rings. The van der Waals surface area contributed by atoms with Crippen LogP contribution in [0.15, 0.2) is 45.0 Å². The molecule has 0 saturated carbocycles. The Balaban J connectivity index is 2.15. The number of hydrogen-bond donors (Lipinski definition) is 0. The molecule has 7 heteroatoms. The van der Waals surface area contributed by atoms with E-state index in [1.54, 1.807) is 18.7 Å². The fourth-order valence-electron chi connectivity index (χ4n) is 2.70. The van der Waals surface area contributed by atoms with Gasteiger partial charge in [0.05, 0.1) is 29.7 Å². The average molecular weight is 395 g/mol. The third-order valence-electron chi connectivity index (χ3n) is 3.64. The molecule has 1 atom stereocenters. The molecule has 23 heavy (non-hydrogen) atoms. The number of rotatable bonds is 3. The van der Waals surface area contributed by atoms with Crippen molar-refractivity contribution in [1.82, 2.24) is 4.90 Å². The Morgan fingerprint density at radius 2 is 2.30 bits per heavy atom. The van der Waals surface area contributed by atoms with E-state index in [4.69, 9.17) is 4.74 Å². The maximum Gasteiger partial charge on any atom is 0.338 e. The second-order valence-corrected chi connectivity index (χ2v) is 6.98. The second kappa shape index (κ2) is 6.49. The molecule has 1 aromatic rings. The number of benzene rings is 1. The average Bonchev–Trinajstić information content (AvgIpc) is 2.87. The summed E-state index contributed by atoms with van der Waals surface area (Å²) in [6.07, 6.45) is 0. The first kappa shape index (κ1) is 16.3. The third-order valence-corrected chi connectivity index (χ3v) is 5.07. The van der Waals surface area contributed by atoms with Gasteiger partial charge in [0.1, 0.15) is 0 Å². The summed E-state index contributed by atoms with van der Waals surface area (Å²) in [5.74, 6) is -0.136. The third kappa shape index (κ3) is 2.95. The minimum atomic E-state index is -0.499. The highest BCUT2D eigenvalue weighted by Crippen LogP contribution is 2.41. The highest BCUT2D eigenvalue weighted by molar-refractivity contribution is 9.10. The molecule has 3 rings (SSSR count). The number of thioether (sulfide) groups is 1. The molecule has 1 amide bonds. The largest absolute Gasteiger partial charge is 0.463 e. The summed E-state index contributed by atoms with van der Waals surface area (Å²) in [7, 11) is 0. The molecule has 0 spiro atoms.